The van der Waals surface area contributed by atoms with Crippen LogP contribution < -0.4 is 5.73 Å². The molecular formula is C13H24N2O. The van der Waals surface area contributed by atoms with Gasteiger partial charge in [-0.05, 0) is 38.0 Å². The number of carbonyl (C=O) groups is 1. The maximum absolute atomic E-state index is 12.4. The van der Waals surface area contributed by atoms with Gasteiger partial charge in [-0.15, -0.1) is 0 Å². The molecule has 16 heavy (non-hydrogen) atoms. The molecule has 0 saturated heterocycles. The van der Waals surface area contributed by atoms with Crippen molar-refractivity contribution in [1.82, 2.24) is 4.90 Å². The lowest BCUT2D eigenvalue weighted by molar-refractivity contribution is -0.137. The number of rotatable bonds is 5. The maximum Gasteiger partial charge on any atom is 0.242 e. The number of carbonyl (C=O) groups excluding carboxylic acids is 1. The van der Waals surface area contributed by atoms with Gasteiger partial charge >= 0.3 is 0 Å². The molecule has 0 aromatic rings. The SMILES string of the molecule is CCCN(CC1CC1)C(=O)C1(N)CCCC1. The van der Waals surface area contributed by atoms with E-state index in [4.69, 9.17) is 5.73 Å². The van der Waals surface area contributed by atoms with Gasteiger partial charge in [0.25, 0.3) is 0 Å². The van der Waals surface area contributed by atoms with Crippen molar-refractivity contribution >= 4 is 5.91 Å². The van der Waals surface area contributed by atoms with E-state index in [9.17, 15) is 4.79 Å². The van der Waals surface area contributed by atoms with Crippen LogP contribution in [0.2, 0.25) is 0 Å². The zero-order chi connectivity index (χ0) is 11.6. The lowest BCUT2D eigenvalue weighted by Crippen LogP contribution is -2.54. The van der Waals surface area contributed by atoms with Crippen molar-refractivity contribution in [1.29, 1.82) is 0 Å². The molecular weight excluding hydrogens is 200 g/mol. The number of hydrogen-bond acceptors (Lipinski definition) is 2. The van der Waals surface area contributed by atoms with Gasteiger partial charge in [0.2, 0.25) is 5.91 Å². The minimum atomic E-state index is -0.524. The molecule has 0 radical (unpaired) electrons. The molecule has 0 aromatic heterocycles. The van der Waals surface area contributed by atoms with E-state index in [0.29, 0.717) is 0 Å². The summed E-state index contributed by atoms with van der Waals surface area (Å²) in [5.41, 5.74) is 5.71. The molecule has 2 aliphatic carbocycles. The van der Waals surface area contributed by atoms with Gasteiger partial charge in [-0.1, -0.05) is 19.8 Å². The van der Waals surface area contributed by atoms with E-state index in [0.717, 1.165) is 51.1 Å². The second kappa shape index (κ2) is 4.74. The fourth-order valence-electron chi connectivity index (χ4n) is 2.69. The first-order valence-corrected chi connectivity index (χ1v) is 6.74. The lowest BCUT2D eigenvalue weighted by Gasteiger charge is -2.31. The third kappa shape index (κ3) is 2.57. The lowest BCUT2D eigenvalue weighted by atomic mass is 9.97. The molecule has 0 aliphatic heterocycles. The van der Waals surface area contributed by atoms with Crippen LogP contribution in [0.5, 0.6) is 0 Å². The van der Waals surface area contributed by atoms with E-state index in [1.165, 1.54) is 12.8 Å². The molecule has 92 valence electrons. The molecule has 0 aromatic carbocycles. The summed E-state index contributed by atoms with van der Waals surface area (Å²) in [6.07, 6.45) is 7.63. The summed E-state index contributed by atoms with van der Waals surface area (Å²) >= 11 is 0. The Labute approximate surface area is 98.4 Å². The van der Waals surface area contributed by atoms with E-state index in [-0.39, 0.29) is 5.91 Å². The first kappa shape index (κ1) is 11.9. The largest absolute Gasteiger partial charge is 0.341 e. The van der Waals surface area contributed by atoms with Crippen LogP contribution in [0.25, 0.3) is 0 Å². The first-order chi connectivity index (χ1) is 7.65. The van der Waals surface area contributed by atoms with E-state index in [1.807, 2.05) is 4.90 Å². The Morgan fingerprint density at radius 2 is 2.00 bits per heavy atom. The van der Waals surface area contributed by atoms with Crippen LogP contribution in [0, 0.1) is 5.92 Å². The van der Waals surface area contributed by atoms with Crippen molar-refractivity contribution in [2.45, 2.75) is 57.4 Å². The highest BCUT2D eigenvalue weighted by molar-refractivity contribution is 5.86. The summed E-state index contributed by atoms with van der Waals surface area (Å²) in [5.74, 6) is 0.985. The van der Waals surface area contributed by atoms with Crippen molar-refractivity contribution in [3.63, 3.8) is 0 Å². The Bertz CT molecular complexity index is 255. The van der Waals surface area contributed by atoms with Crippen molar-refractivity contribution in [3.05, 3.63) is 0 Å². The number of nitrogens with two attached hydrogens (primary N) is 1. The summed E-state index contributed by atoms with van der Waals surface area (Å²) < 4.78 is 0. The van der Waals surface area contributed by atoms with Gasteiger partial charge in [-0.2, -0.15) is 0 Å². The molecule has 2 saturated carbocycles. The highest BCUT2D eigenvalue weighted by Crippen LogP contribution is 2.33. The Kier molecular flexibility index (Phi) is 3.53. The second-order valence-electron chi connectivity index (χ2n) is 5.56. The standard InChI is InChI=1S/C13H24N2O/c1-2-9-15(10-11-5-6-11)12(16)13(14)7-3-4-8-13/h11H,2-10,14H2,1H3. The number of nitrogens with zero attached hydrogens (tertiary/aromatic N) is 1. The van der Waals surface area contributed by atoms with Gasteiger partial charge in [0.05, 0.1) is 5.54 Å². The molecule has 2 rings (SSSR count). The average Bonchev–Trinajstić information content (AvgIpc) is 2.97. The average molecular weight is 224 g/mol. The normalized spacial score (nSPS) is 23.4. The molecule has 0 heterocycles. The van der Waals surface area contributed by atoms with E-state index >= 15 is 0 Å². The zero-order valence-electron chi connectivity index (χ0n) is 10.4. The third-order valence-corrected chi connectivity index (χ3v) is 3.88. The minimum Gasteiger partial charge on any atom is -0.341 e. The Morgan fingerprint density at radius 1 is 1.38 bits per heavy atom. The van der Waals surface area contributed by atoms with E-state index in [2.05, 4.69) is 6.92 Å². The van der Waals surface area contributed by atoms with Gasteiger partial charge < -0.3 is 10.6 Å². The highest BCUT2D eigenvalue weighted by Gasteiger charge is 2.40. The molecule has 0 bridgehead atoms. The summed E-state index contributed by atoms with van der Waals surface area (Å²) in [6.45, 7) is 3.96. The van der Waals surface area contributed by atoms with Crippen LogP contribution in [-0.2, 0) is 4.79 Å². The zero-order valence-corrected chi connectivity index (χ0v) is 10.4. The van der Waals surface area contributed by atoms with Crippen molar-refractivity contribution in [2.75, 3.05) is 13.1 Å². The molecule has 2 aliphatic rings. The fourth-order valence-corrected chi connectivity index (χ4v) is 2.69. The third-order valence-electron chi connectivity index (χ3n) is 3.88. The summed E-state index contributed by atoms with van der Waals surface area (Å²) in [5, 5.41) is 0. The van der Waals surface area contributed by atoms with Gasteiger partial charge in [0.1, 0.15) is 0 Å². The first-order valence-electron chi connectivity index (χ1n) is 6.74. The predicted molar refractivity (Wildman–Crippen MR) is 65.0 cm³/mol. The van der Waals surface area contributed by atoms with Crippen molar-refractivity contribution in [2.24, 2.45) is 11.7 Å². The molecule has 1 amide bonds. The summed E-state index contributed by atoms with van der Waals surface area (Å²) in [6, 6.07) is 0. The Hall–Kier alpha value is -0.570. The van der Waals surface area contributed by atoms with Gasteiger partial charge in [-0.3, -0.25) is 4.79 Å². The van der Waals surface area contributed by atoms with Gasteiger partial charge in [0.15, 0.2) is 0 Å². The molecule has 0 unspecified atom stereocenters. The van der Waals surface area contributed by atoms with Crippen LogP contribution in [0.3, 0.4) is 0 Å². The van der Waals surface area contributed by atoms with Crippen LogP contribution in [0.4, 0.5) is 0 Å². The highest BCUT2D eigenvalue weighted by atomic mass is 16.2. The molecule has 3 heteroatoms. The number of amides is 1. The summed E-state index contributed by atoms with van der Waals surface area (Å²) in [4.78, 5) is 14.5. The molecule has 2 N–H and O–H groups in total. The van der Waals surface area contributed by atoms with E-state index < -0.39 is 5.54 Å². The second-order valence-corrected chi connectivity index (χ2v) is 5.56. The monoisotopic (exact) mass is 224 g/mol. The molecule has 0 atom stereocenters. The number of hydrogen-bond donors (Lipinski definition) is 1. The fraction of sp³-hybridized carbons (Fsp3) is 0.923. The van der Waals surface area contributed by atoms with E-state index in [1.54, 1.807) is 0 Å². The van der Waals surface area contributed by atoms with Crippen LogP contribution in [-0.4, -0.2) is 29.4 Å². The molecule has 3 nitrogen and oxygen atoms in total. The smallest absolute Gasteiger partial charge is 0.242 e. The van der Waals surface area contributed by atoms with Gasteiger partial charge in [-0.25, -0.2) is 0 Å². The molecule has 0 spiro atoms. The van der Waals surface area contributed by atoms with Crippen LogP contribution in [0.15, 0.2) is 0 Å². The quantitative estimate of drug-likeness (QED) is 0.775. The van der Waals surface area contributed by atoms with Crippen molar-refractivity contribution in [3.8, 4) is 0 Å². The Balaban J connectivity index is 1.96. The van der Waals surface area contributed by atoms with Crippen molar-refractivity contribution < 1.29 is 4.79 Å². The summed E-state index contributed by atoms with van der Waals surface area (Å²) in [7, 11) is 0. The van der Waals surface area contributed by atoms with Gasteiger partial charge in [0, 0.05) is 13.1 Å². The predicted octanol–water partition coefficient (Wildman–Crippen LogP) is 1.91. The molecule has 2 fully saturated rings. The maximum atomic E-state index is 12.4. The van der Waals surface area contributed by atoms with Crippen LogP contribution in [0.1, 0.15) is 51.9 Å². The minimum absolute atomic E-state index is 0.221. The van der Waals surface area contributed by atoms with Crippen LogP contribution >= 0.6 is 0 Å². The topological polar surface area (TPSA) is 46.3 Å². The Morgan fingerprint density at radius 3 is 2.50 bits per heavy atom.